The van der Waals surface area contributed by atoms with Crippen molar-refractivity contribution in [3.8, 4) is 0 Å². The second-order valence-corrected chi connectivity index (χ2v) is 5.91. The fourth-order valence-electron chi connectivity index (χ4n) is 1.30. The molecular formula is C10H11FO2S. The van der Waals surface area contributed by atoms with Gasteiger partial charge in [-0.1, -0.05) is 17.7 Å². The predicted octanol–water partition coefficient (Wildman–Crippen LogP) is 2.23. The van der Waals surface area contributed by atoms with Crippen LogP contribution in [0.3, 0.4) is 0 Å². The maximum absolute atomic E-state index is 13.5. The maximum Gasteiger partial charge on any atom is 0.215 e. The quantitative estimate of drug-likeness (QED) is 0.756. The average molecular weight is 214 g/mol. The summed E-state index contributed by atoms with van der Waals surface area (Å²) in [6.45, 7) is 1.86. The molecule has 0 radical (unpaired) electrons. The first-order chi connectivity index (χ1) is 6.46. The van der Waals surface area contributed by atoms with Gasteiger partial charge in [-0.05, 0) is 19.1 Å². The summed E-state index contributed by atoms with van der Waals surface area (Å²) in [5.41, 5.74) is 0.965. The molecule has 0 N–H and O–H groups in total. The van der Waals surface area contributed by atoms with Gasteiger partial charge in [-0.2, -0.15) is 0 Å². The van der Waals surface area contributed by atoms with Crippen molar-refractivity contribution in [1.82, 2.24) is 0 Å². The second kappa shape index (κ2) is 2.79. The zero-order valence-electron chi connectivity index (χ0n) is 7.83. The van der Waals surface area contributed by atoms with Crippen LogP contribution in [-0.4, -0.2) is 13.4 Å². The maximum atomic E-state index is 13.5. The second-order valence-electron chi connectivity index (χ2n) is 3.70. The molecule has 2 rings (SSSR count). The lowest BCUT2D eigenvalue weighted by Gasteiger charge is -2.07. The SMILES string of the molecule is Cc1ccc(S(=O)(=O)C2(F)CC2)cc1. The number of halogens is 1. The molecule has 0 spiro atoms. The molecule has 76 valence electrons. The Labute approximate surface area is 82.7 Å². The number of alkyl halides is 1. The van der Waals surface area contributed by atoms with Gasteiger partial charge in [0.1, 0.15) is 0 Å². The monoisotopic (exact) mass is 214 g/mol. The summed E-state index contributed by atoms with van der Waals surface area (Å²) >= 11 is 0. The minimum atomic E-state index is -3.75. The number of sulfone groups is 1. The summed E-state index contributed by atoms with van der Waals surface area (Å²) in [4.78, 5) is 0.0862. The lowest BCUT2D eigenvalue weighted by atomic mass is 10.2. The van der Waals surface area contributed by atoms with Crippen molar-refractivity contribution >= 4 is 9.84 Å². The predicted molar refractivity (Wildman–Crippen MR) is 51.4 cm³/mol. The van der Waals surface area contributed by atoms with Crippen LogP contribution in [0.15, 0.2) is 29.2 Å². The third kappa shape index (κ3) is 1.34. The summed E-state index contributed by atoms with van der Waals surface area (Å²) in [7, 11) is -3.75. The average Bonchev–Trinajstić information content (AvgIpc) is 2.86. The first-order valence-corrected chi connectivity index (χ1v) is 5.94. The number of aryl methyl sites for hydroxylation is 1. The minimum absolute atomic E-state index is 0.0862. The van der Waals surface area contributed by atoms with E-state index >= 15 is 0 Å². The molecule has 4 heteroatoms. The van der Waals surface area contributed by atoms with Gasteiger partial charge in [-0.25, -0.2) is 12.8 Å². The first-order valence-electron chi connectivity index (χ1n) is 4.46. The summed E-state index contributed by atoms with van der Waals surface area (Å²) in [6, 6.07) is 6.28. The van der Waals surface area contributed by atoms with Gasteiger partial charge >= 0.3 is 0 Å². The third-order valence-corrected chi connectivity index (χ3v) is 4.72. The molecule has 1 aliphatic carbocycles. The van der Waals surface area contributed by atoms with Crippen LogP contribution in [0.1, 0.15) is 18.4 Å². The summed E-state index contributed by atoms with van der Waals surface area (Å²) in [5.74, 6) is 0. The molecule has 1 aromatic carbocycles. The molecule has 1 saturated carbocycles. The van der Waals surface area contributed by atoms with Crippen molar-refractivity contribution < 1.29 is 12.8 Å². The Morgan fingerprint density at radius 3 is 2.14 bits per heavy atom. The Morgan fingerprint density at radius 2 is 1.71 bits per heavy atom. The van der Waals surface area contributed by atoms with Crippen molar-refractivity contribution in [1.29, 1.82) is 0 Å². The van der Waals surface area contributed by atoms with Gasteiger partial charge < -0.3 is 0 Å². The Balaban J connectivity index is 2.45. The van der Waals surface area contributed by atoms with Gasteiger partial charge in [0.25, 0.3) is 0 Å². The molecule has 0 saturated heterocycles. The highest BCUT2D eigenvalue weighted by Gasteiger charge is 2.56. The Hall–Kier alpha value is -0.900. The molecule has 0 aliphatic heterocycles. The molecule has 0 aromatic heterocycles. The largest absolute Gasteiger partial charge is 0.226 e. The molecule has 0 amide bonds. The normalized spacial score (nSPS) is 19.3. The van der Waals surface area contributed by atoms with Gasteiger partial charge in [-0.15, -0.1) is 0 Å². The highest BCUT2D eigenvalue weighted by atomic mass is 32.2. The van der Waals surface area contributed by atoms with Crippen LogP contribution in [-0.2, 0) is 9.84 Å². The van der Waals surface area contributed by atoms with E-state index < -0.39 is 14.8 Å². The van der Waals surface area contributed by atoms with E-state index in [1.54, 1.807) is 12.1 Å². The fourth-order valence-corrected chi connectivity index (χ4v) is 2.85. The number of hydrogen-bond donors (Lipinski definition) is 0. The molecule has 0 bridgehead atoms. The molecule has 14 heavy (non-hydrogen) atoms. The standard InChI is InChI=1S/C10H11FO2S/c1-8-2-4-9(5-3-8)14(12,13)10(11)6-7-10/h2-5H,6-7H2,1H3. The molecular weight excluding hydrogens is 203 g/mol. The molecule has 1 aliphatic rings. The zero-order valence-corrected chi connectivity index (χ0v) is 8.64. The van der Waals surface area contributed by atoms with E-state index in [4.69, 9.17) is 0 Å². The van der Waals surface area contributed by atoms with Crippen molar-refractivity contribution in [2.24, 2.45) is 0 Å². The van der Waals surface area contributed by atoms with Gasteiger partial charge in [0.05, 0.1) is 4.90 Å². The Morgan fingerprint density at radius 1 is 1.21 bits per heavy atom. The van der Waals surface area contributed by atoms with E-state index in [1.165, 1.54) is 12.1 Å². The van der Waals surface area contributed by atoms with Crippen LogP contribution in [0.25, 0.3) is 0 Å². The van der Waals surface area contributed by atoms with Gasteiger partial charge in [0.15, 0.2) is 0 Å². The van der Waals surface area contributed by atoms with E-state index in [2.05, 4.69) is 0 Å². The molecule has 1 fully saturated rings. The van der Waals surface area contributed by atoms with E-state index in [1.807, 2.05) is 6.92 Å². The van der Waals surface area contributed by atoms with Crippen LogP contribution in [0.5, 0.6) is 0 Å². The zero-order chi connectivity index (χ0) is 10.4. The van der Waals surface area contributed by atoms with Crippen LogP contribution in [0.2, 0.25) is 0 Å². The van der Waals surface area contributed by atoms with E-state index in [0.717, 1.165) is 5.56 Å². The van der Waals surface area contributed by atoms with Gasteiger partial charge in [0.2, 0.25) is 14.8 Å². The molecule has 2 nitrogen and oxygen atoms in total. The highest BCUT2D eigenvalue weighted by Crippen LogP contribution is 2.47. The van der Waals surface area contributed by atoms with E-state index in [9.17, 15) is 12.8 Å². The smallest absolute Gasteiger partial charge is 0.215 e. The third-order valence-electron chi connectivity index (χ3n) is 2.46. The van der Waals surface area contributed by atoms with E-state index in [-0.39, 0.29) is 17.7 Å². The molecule has 0 heterocycles. The molecule has 0 unspecified atom stereocenters. The fraction of sp³-hybridized carbons (Fsp3) is 0.400. The Kier molecular flexibility index (Phi) is 1.93. The van der Waals surface area contributed by atoms with E-state index in [0.29, 0.717) is 0 Å². The van der Waals surface area contributed by atoms with Gasteiger partial charge in [-0.3, -0.25) is 0 Å². The van der Waals surface area contributed by atoms with Crippen molar-refractivity contribution in [3.63, 3.8) is 0 Å². The number of benzene rings is 1. The highest BCUT2D eigenvalue weighted by molar-refractivity contribution is 7.93. The topological polar surface area (TPSA) is 34.1 Å². The first kappa shape index (κ1) is 9.65. The van der Waals surface area contributed by atoms with Crippen molar-refractivity contribution in [2.75, 3.05) is 0 Å². The van der Waals surface area contributed by atoms with Crippen LogP contribution in [0.4, 0.5) is 4.39 Å². The van der Waals surface area contributed by atoms with Crippen LogP contribution >= 0.6 is 0 Å². The van der Waals surface area contributed by atoms with Crippen LogP contribution in [0, 0.1) is 6.92 Å². The minimum Gasteiger partial charge on any atom is -0.226 e. The number of hydrogen-bond acceptors (Lipinski definition) is 2. The lowest BCUT2D eigenvalue weighted by Crippen LogP contribution is -2.17. The summed E-state index contributed by atoms with van der Waals surface area (Å²) in [6.07, 6.45) is 0.256. The van der Waals surface area contributed by atoms with Crippen molar-refractivity contribution in [3.05, 3.63) is 29.8 Å². The molecule has 0 atom stereocenters. The number of rotatable bonds is 2. The Bertz CT molecular complexity index is 444. The summed E-state index contributed by atoms with van der Waals surface area (Å²) < 4.78 is 36.8. The lowest BCUT2D eigenvalue weighted by molar-refractivity contribution is 0.402. The van der Waals surface area contributed by atoms with Gasteiger partial charge in [0, 0.05) is 12.8 Å². The van der Waals surface area contributed by atoms with Crippen LogP contribution < -0.4 is 0 Å². The summed E-state index contributed by atoms with van der Waals surface area (Å²) in [5, 5.41) is -1.98. The molecule has 1 aromatic rings. The van der Waals surface area contributed by atoms with Crippen molar-refractivity contribution in [2.45, 2.75) is 29.7 Å².